The van der Waals surface area contributed by atoms with Gasteiger partial charge in [0.2, 0.25) is 0 Å². The number of rotatable bonds is 6. The van der Waals surface area contributed by atoms with Crippen LogP contribution in [0.15, 0.2) is 46.9 Å². The topological polar surface area (TPSA) is 67.9 Å². The molecule has 170 valence electrons. The number of hydrogen-bond donors (Lipinski definition) is 1. The van der Waals surface area contributed by atoms with Crippen molar-refractivity contribution in [2.75, 3.05) is 31.6 Å². The Hall–Kier alpha value is -2.38. The van der Waals surface area contributed by atoms with Crippen LogP contribution in [0, 0.1) is 0 Å². The predicted octanol–water partition coefficient (Wildman–Crippen LogP) is 5.28. The highest BCUT2D eigenvalue weighted by Crippen LogP contribution is 2.27. The second-order valence-corrected chi connectivity index (χ2v) is 9.19. The summed E-state index contributed by atoms with van der Waals surface area (Å²) in [4.78, 5) is 27.6. The molecule has 0 spiro atoms. The Morgan fingerprint density at radius 1 is 1.03 bits per heavy atom. The van der Waals surface area contributed by atoms with Crippen molar-refractivity contribution in [1.82, 2.24) is 4.90 Å². The van der Waals surface area contributed by atoms with Crippen LogP contribution in [0.5, 0.6) is 5.75 Å². The summed E-state index contributed by atoms with van der Waals surface area (Å²) < 4.78 is 12.1. The average molecular weight is 501 g/mol. The molecule has 4 rings (SSSR count). The molecule has 1 N–H and O–H groups in total. The number of amides is 2. The van der Waals surface area contributed by atoms with Gasteiger partial charge >= 0.3 is 0 Å². The number of anilines is 1. The lowest BCUT2D eigenvalue weighted by molar-refractivity contribution is 0.0677. The number of benzene rings is 2. The first-order valence-corrected chi connectivity index (χ1v) is 12.1. The standard InChI is InChI=1S/C25H29BrN2O4/c26-22-16-18(10-11-23(22)32-17-21-9-6-14-31-21)24(29)27-20-8-5-7-19(15-20)25(30)28-12-3-1-2-4-13-28/h5,7-8,10-11,15-16,21H,1-4,6,9,12-14,17H2,(H,27,29). The lowest BCUT2D eigenvalue weighted by Gasteiger charge is -2.20. The minimum absolute atomic E-state index is 0.0264. The zero-order valence-electron chi connectivity index (χ0n) is 18.1. The van der Waals surface area contributed by atoms with E-state index in [1.165, 1.54) is 12.8 Å². The lowest BCUT2D eigenvalue weighted by atomic mass is 10.1. The normalized spacial score (nSPS) is 18.8. The Morgan fingerprint density at radius 2 is 1.84 bits per heavy atom. The van der Waals surface area contributed by atoms with Crippen molar-refractivity contribution in [3.8, 4) is 5.75 Å². The van der Waals surface area contributed by atoms with Gasteiger partial charge in [0.15, 0.2) is 0 Å². The van der Waals surface area contributed by atoms with Gasteiger partial charge in [-0.3, -0.25) is 9.59 Å². The van der Waals surface area contributed by atoms with Gasteiger partial charge in [-0.2, -0.15) is 0 Å². The van der Waals surface area contributed by atoms with Gasteiger partial charge in [0.1, 0.15) is 12.4 Å². The molecule has 1 unspecified atom stereocenters. The molecule has 32 heavy (non-hydrogen) atoms. The smallest absolute Gasteiger partial charge is 0.255 e. The monoisotopic (exact) mass is 500 g/mol. The fourth-order valence-electron chi connectivity index (χ4n) is 4.11. The largest absolute Gasteiger partial charge is 0.490 e. The summed E-state index contributed by atoms with van der Waals surface area (Å²) in [6.07, 6.45) is 6.65. The summed E-state index contributed by atoms with van der Waals surface area (Å²) in [6.45, 7) is 2.89. The van der Waals surface area contributed by atoms with E-state index < -0.39 is 0 Å². The highest BCUT2D eigenvalue weighted by atomic mass is 79.9. The van der Waals surface area contributed by atoms with Gasteiger partial charge in [-0.25, -0.2) is 0 Å². The van der Waals surface area contributed by atoms with Crippen molar-refractivity contribution in [1.29, 1.82) is 0 Å². The first-order chi connectivity index (χ1) is 15.6. The number of nitrogens with one attached hydrogen (secondary N) is 1. The SMILES string of the molecule is O=C(Nc1cccc(C(=O)N2CCCCCC2)c1)c1ccc(OCC2CCCO2)c(Br)c1. The molecule has 2 heterocycles. The fraction of sp³-hybridized carbons (Fsp3) is 0.440. The first-order valence-electron chi connectivity index (χ1n) is 11.3. The van der Waals surface area contributed by atoms with Crippen molar-refractivity contribution in [2.24, 2.45) is 0 Å². The zero-order valence-corrected chi connectivity index (χ0v) is 19.7. The van der Waals surface area contributed by atoms with Gasteiger partial charge in [-0.1, -0.05) is 18.9 Å². The third-order valence-electron chi connectivity index (χ3n) is 5.90. The highest BCUT2D eigenvalue weighted by Gasteiger charge is 2.19. The Labute approximate surface area is 197 Å². The summed E-state index contributed by atoms with van der Waals surface area (Å²) in [5.41, 5.74) is 1.71. The molecular weight excluding hydrogens is 472 g/mol. The number of halogens is 1. The Balaban J connectivity index is 1.38. The highest BCUT2D eigenvalue weighted by molar-refractivity contribution is 9.10. The maximum Gasteiger partial charge on any atom is 0.255 e. The van der Waals surface area contributed by atoms with E-state index in [1.54, 1.807) is 42.5 Å². The molecule has 0 saturated carbocycles. The first kappa shape index (κ1) is 22.8. The number of nitrogens with zero attached hydrogens (tertiary/aromatic N) is 1. The Morgan fingerprint density at radius 3 is 2.56 bits per heavy atom. The molecule has 6 nitrogen and oxygen atoms in total. The maximum atomic E-state index is 12.9. The van der Waals surface area contributed by atoms with E-state index in [4.69, 9.17) is 9.47 Å². The molecule has 7 heteroatoms. The summed E-state index contributed by atoms with van der Waals surface area (Å²) in [5.74, 6) is 0.469. The van der Waals surface area contributed by atoms with Crippen LogP contribution < -0.4 is 10.1 Å². The van der Waals surface area contributed by atoms with Crippen molar-refractivity contribution >= 4 is 33.4 Å². The van der Waals surface area contributed by atoms with E-state index in [1.807, 2.05) is 4.90 Å². The molecule has 2 fully saturated rings. The molecular formula is C25H29BrN2O4. The van der Waals surface area contributed by atoms with Crippen LogP contribution in [0.25, 0.3) is 0 Å². The lowest BCUT2D eigenvalue weighted by Crippen LogP contribution is -2.31. The molecule has 0 aromatic heterocycles. The van der Waals surface area contributed by atoms with Crippen LogP contribution in [-0.2, 0) is 4.74 Å². The summed E-state index contributed by atoms with van der Waals surface area (Å²) in [7, 11) is 0. The number of carbonyl (C=O) groups excluding carboxylic acids is 2. The summed E-state index contributed by atoms with van der Waals surface area (Å²) in [6, 6.07) is 12.4. The summed E-state index contributed by atoms with van der Waals surface area (Å²) >= 11 is 3.50. The minimum atomic E-state index is -0.240. The quantitative estimate of drug-likeness (QED) is 0.585. The van der Waals surface area contributed by atoms with Crippen molar-refractivity contribution in [3.63, 3.8) is 0 Å². The van der Waals surface area contributed by atoms with E-state index in [-0.39, 0.29) is 17.9 Å². The Bertz CT molecular complexity index is 951. The van der Waals surface area contributed by atoms with Gasteiger partial charge in [0.05, 0.1) is 10.6 Å². The van der Waals surface area contributed by atoms with E-state index in [9.17, 15) is 9.59 Å². The van der Waals surface area contributed by atoms with Crippen LogP contribution in [0.2, 0.25) is 0 Å². The number of ether oxygens (including phenoxy) is 2. The second kappa shape index (κ2) is 11.0. The van der Waals surface area contributed by atoms with Gasteiger partial charge in [-0.05, 0) is 78.0 Å². The van der Waals surface area contributed by atoms with E-state index in [0.29, 0.717) is 33.6 Å². The summed E-state index contributed by atoms with van der Waals surface area (Å²) in [5, 5.41) is 2.90. The van der Waals surface area contributed by atoms with Crippen LogP contribution in [0.1, 0.15) is 59.2 Å². The molecule has 2 aromatic rings. The third-order valence-corrected chi connectivity index (χ3v) is 6.52. The van der Waals surface area contributed by atoms with Gasteiger partial charge in [0.25, 0.3) is 11.8 Å². The molecule has 0 bridgehead atoms. The predicted molar refractivity (Wildman–Crippen MR) is 127 cm³/mol. The van der Waals surface area contributed by atoms with E-state index >= 15 is 0 Å². The minimum Gasteiger partial charge on any atom is -0.490 e. The number of hydrogen-bond acceptors (Lipinski definition) is 4. The van der Waals surface area contributed by atoms with E-state index in [0.717, 1.165) is 45.4 Å². The average Bonchev–Trinajstić information content (AvgIpc) is 3.18. The molecule has 0 aliphatic carbocycles. The van der Waals surface area contributed by atoms with Crippen molar-refractivity contribution in [3.05, 3.63) is 58.1 Å². The van der Waals surface area contributed by atoms with E-state index in [2.05, 4.69) is 21.2 Å². The van der Waals surface area contributed by atoms with Gasteiger partial charge in [-0.15, -0.1) is 0 Å². The molecule has 2 aliphatic heterocycles. The fourth-order valence-corrected chi connectivity index (χ4v) is 4.60. The van der Waals surface area contributed by atoms with Crippen LogP contribution in [0.4, 0.5) is 5.69 Å². The van der Waals surface area contributed by atoms with Crippen LogP contribution in [0.3, 0.4) is 0 Å². The zero-order chi connectivity index (χ0) is 22.3. The van der Waals surface area contributed by atoms with Crippen LogP contribution in [-0.4, -0.2) is 49.1 Å². The van der Waals surface area contributed by atoms with Crippen molar-refractivity contribution in [2.45, 2.75) is 44.6 Å². The molecule has 2 amide bonds. The number of likely N-dealkylation sites (tertiary alicyclic amines) is 1. The number of carbonyl (C=O) groups is 2. The molecule has 1 atom stereocenters. The van der Waals surface area contributed by atoms with Crippen molar-refractivity contribution < 1.29 is 19.1 Å². The van der Waals surface area contributed by atoms with Crippen LogP contribution >= 0.6 is 15.9 Å². The molecule has 0 radical (unpaired) electrons. The molecule has 2 aromatic carbocycles. The Kier molecular flexibility index (Phi) is 7.81. The van der Waals surface area contributed by atoms with Gasteiger partial charge < -0.3 is 19.7 Å². The maximum absolute atomic E-state index is 12.9. The molecule has 2 aliphatic rings. The second-order valence-electron chi connectivity index (χ2n) is 8.33. The third kappa shape index (κ3) is 5.90. The molecule has 2 saturated heterocycles. The van der Waals surface area contributed by atoms with Gasteiger partial charge in [0, 0.05) is 36.5 Å².